The second-order valence-corrected chi connectivity index (χ2v) is 5.02. The zero-order valence-electron chi connectivity index (χ0n) is 8.45. The van der Waals surface area contributed by atoms with Gasteiger partial charge in [0.1, 0.15) is 0 Å². The van der Waals surface area contributed by atoms with Gasteiger partial charge in [0.15, 0.2) is 0 Å². The van der Waals surface area contributed by atoms with Crippen molar-refractivity contribution in [1.82, 2.24) is 4.98 Å². The number of aliphatic hydroxyl groups is 1. The van der Waals surface area contributed by atoms with Gasteiger partial charge in [-0.2, -0.15) is 0 Å². The number of hydrogen-bond acceptors (Lipinski definition) is 3. The Morgan fingerprint density at radius 3 is 2.93 bits per heavy atom. The van der Waals surface area contributed by atoms with E-state index in [1.807, 2.05) is 12.1 Å². The number of pyridine rings is 1. The number of rotatable bonds is 3. The minimum atomic E-state index is -0.110. The number of aliphatic hydroxyl groups excluding tert-OH is 1. The van der Waals surface area contributed by atoms with Gasteiger partial charge in [0.2, 0.25) is 0 Å². The Morgan fingerprint density at radius 1 is 1.53 bits per heavy atom. The molecule has 0 spiro atoms. The highest BCUT2D eigenvalue weighted by Gasteiger charge is 2.34. The molecule has 1 saturated heterocycles. The van der Waals surface area contributed by atoms with Crippen LogP contribution in [0, 0.1) is 5.41 Å². The Bertz CT molecular complexity index is 320. The molecule has 0 aliphatic carbocycles. The van der Waals surface area contributed by atoms with Gasteiger partial charge in [-0.15, -0.1) is 0 Å². The topological polar surface area (TPSA) is 42.4 Å². The van der Waals surface area contributed by atoms with Crippen molar-refractivity contribution < 1.29 is 9.84 Å². The van der Waals surface area contributed by atoms with Crippen molar-refractivity contribution >= 4 is 15.9 Å². The van der Waals surface area contributed by atoms with Crippen molar-refractivity contribution in [2.45, 2.75) is 12.8 Å². The average Bonchev–Trinajstić information content (AvgIpc) is 2.71. The monoisotopic (exact) mass is 271 g/mol. The van der Waals surface area contributed by atoms with E-state index in [9.17, 15) is 5.11 Å². The number of aromatic nitrogens is 1. The van der Waals surface area contributed by atoms with Gasteiger partial charge < -0.3 is 9.84 Å². The minimum Gasteiger partial charge on any atom is -0.396 e. The highest BCUT2D eigenvalue weighted by atomic mass is 79.9. The molecule has 3 nitrogen and oxygen atoms in total. The number of halogens is 1. The summed E-state index contributed by atoms with van der Waals surface area (Å²) in [5.74, 6) is 0. The SMILES string of the molecule is OCC1(Cc2ccc(Br)cn2)CCOC1. The first-order chi connectivity index (χ1) is 7.24. The summed E-state index contributed by atoms with van der Waals surface area (Å²) in [6.07, 6.45) is 3.49. The fourth-order valence-corrected chi connectivity index (χ4v) is 2.10. The molecule has 0 bridgehead atoms. The molecule has 0 saturated carbocycles. The minimum absolute atomic E-state index is 0.110. The lowest BCUT2D eigenvalue weighted by Crippen LogP contribution is -2.28. The molecule has 0 radical (unpaired) electrons. The maximum absolute atomic E-state index is 9.42. The van der Waals surface area contributed by atoms with Crippen molar-refractivity contribution in [2.75, 3.05) is 19.8 Å². The quantitative estimate of drug-likeness (QED) is 0.912. The molecule has 1 aromatic rings. The van der Waals surface area contributed by atoms with Crippen molar-refractivity contribution in [3.05, 3.63) is 28.5 Å². The van der Waals surface area contributed by atoms with Crippen molar-refractivity contribution in [1.29, 1.82) is 0 Å². The molecule has 1 unspecified atom stereocenters. The second kappa shape index (κ2) is 4.60. The first-order valence-corrected chi connectivity index (χ1v) is 5.82. The van der Waals surface area contributed by atoms with Gasteiger partial charge in [-0.05, 0) is 40.9 Å². The normalized spacial score (nSPS) is 25.7. The van der Waals surface area contributed by atoms with Gasteiger partial charge in [-0.25, -0.2) is 0 Å². The summed E-state index contributed by atoms with van der Waals surface area (Å²) in [5, 5.41) is 9.42. The fraction of sp³-hybridized carbons (Fsp3) is 0.545. The second-order valence-electron chi connectivity index (χ2n) is 4.11. The molecule has 0 aromatic carbocycles. The van der Waals surface area contributed by atoms with Crippen LogP contribution in [0.2, 0.25) is 0 Å². The van der Waals surface area contributed by atoms with Crippen LogP contribution in [0.1, 0.15) is 12.1 Å². The summed E-state index contributed by atoms with van der Waals surface area (Å²) >= 11 is 3.35. The Hall–Kier alpha value is -0.450. The first kappa shape index (κ1) is 11.0. The van der Waals surface area contributed by atoms with Gasteiger partial charge in [-0.1, -0.05) is 0 Å². The lowest BCUT2D eigenvalue weighted by molar-refractivity contribution is 0.0928. The summed E-state index contributed by atoms with van der Waals surface area (Å²) in [4.78, 5) is 4.32. The van der Waals surface area contributed by atoms with Crippen LogP contribution in [0.3, 0.4) is 0 Å². The third-order valence-corrected chi connectivity index (χ3v) is 3.33. The van der Waals surface area contributed by atoms with Crippen LogP contribution in [0.4, 0.5) is 0 Å². The zero-order chi connectivity index (χ0) is 10.7. The molecule has 1 aliphatic rings. The van der Waals surface area contributed by atoms with E-state index in [0.29, 0.717) is 6.61 Å². The van der Waals surface area contributed by atoms with Crippen LogP contribution >= 0.6 is 15.9 Å². The number of ether oxygens (including phenoxy) is 1. The van der Waals surface area contributed by atoms with E-state index in [1.165, 1.54) is 0 Å². The molecule has 0 amide bonds. The van der Waals surface area contributed by atoms with Crippen LogP contribution in [0.25, 0.3) is 0 Å². The van der Waals surface area contributed by atoms with Crippen LogP contribution in [-0.4, -0.2) is 29.9 Å². The molecule has 1 aromatic heterocycles. The summed E-state index contributed by atoms with van der Waals surface area (Å²) in [6.45, 7) is 1.56. The van der Waals surface area contributed by atoms with Gasteiger partial charge >= 0.3 is 0 Å². The fourth-order valence-electron chi connectivity index (χ4n) is 1.86. The predicted octanol–water partition coefficient (Wildman–Crippen LogP) is 1.79. The molecule has 1 atom stereocenters. The zero-order valence-corrected chi connectivity index (χ0v) is 10.0. The van der Waals surface area contributed by atoms with E-state index in [4.69, 9.17) is 4.74 Å². The Labute approximate surface area is 97.6 Å². The summed E-state index contributed by atoms with van der Waals surface area (Å²) in [7, 11) is 0. The predicted molar refractivity (Wildman–Crippen MR) is 60.6 cm³/mol. The van der Waals surface area contributed by atoms with Crippen molar-refractivity contribution in [3.8, 4) is 0 Å². The Kier molecular flexibility index (Phi) is 3.38. The molecular formula is C11H14BrNO2. The molecule has 4 heteroatoms. The van der Waals surface area contributed by atoms with E-state index in [0.717, 1.165) is 29.6 Å². The largest absolute Gasteiger partial charge is 0.396 e. The molecule has 1 N–H and O–H groups in total. The van der Waals surface area contributed by atoms with E-state index >= 15 is 0 Å². The molecule has 1 aliphatic heterocycles. The number of hydrogen-bond donors (Lipinski definition) is 1. The van der Waals surface area contributed by atoms with E-state index < -0.39 is 0 Å². The maximum atomic E-state index is 9.42. The molecule has 82 valence electrons. The van der Waals surface area contributed by atoms with E-state index in [-0.39, 0.29) is 12.0 Å². The van der Waals surface area contributed by atoms with Gasteiger partial charge in [0.25, 0.3) is 0 Å². The average molecular weight is 272 g/mol. The first-order valence-electron chi connectivity index (χ1n) is 5.03. The molecule has 15 heavy (non-hydrogen) atoms. The van der Waals surface area contributed by atoms with Crippen LogP contribution in [-0.2, 0) is 11.2 Å². The third-order valence-electron chi connectivity index (χ3n) is 2.87. The van der Waals surface area contributed by atoms with Crippen LogP contribution < -0.4 is 0 Å². The van der Waals surface area contributed by atoms with E-state index in [1.54, 1.807) is 6.20 Å². The van der Waals surface area contributed by atoms with Gasteiger partial charge in [0, 0.05) is 28.4 Å². The lowest BCUT2D eigenvalue weighted by Gasteiger charge is -2.23. The highest BCUT2D eigenvalue weighted by molar-refractivity contribution is 9.10. The van der Waals surface area contributed by atoms with Gasteiger partial charge in [0.05, 0.1) is 13.2 Å². The Balaban J connectivity index is 2.09. The lowest BCUT2D eigenvalue weighted by atomic mass is 9.83. The smallest absolute Gasteiger partial charge is 0.0549 e. The van der Waals surface area contributed by atoms with Crippen molar-refractivity contribution in [2.24, 2.45) is 5.41 Å². The maximum Gasteiger partial charge on any atom is 0.0549 e. The van der Waals surface area contributed by atoms with Crippen molar-refractivity contribution in [3.63, 3.8) is 0 Å². The van der Waals surface area contributed by atoms with Crippen LogP contribution in [0.5, 0.6) is 0 Å². The molecular weight excluding hydrogens is 258 g/mol. The third kappa shape index (κ3) is 2.56. The number of nitrogens with zero attached hydrogens (tertiary/aromatic N) is 1. The van der Waals surface area contributed by atoms with Crippen LogP contribution in [0.15, 0.2) is 22.8 Å². The molecule has 2 heterocycles. The summed E-state index contributed by atoms with van der Waals surface area (Å²) in [6, 6.07) is 3.96. The van der Waals surface area contributed by atoms with Gasteiger partial charge in [-0.3, -0.25) is 4.98 Å². The summed E-state index contributed by atoms with van der Waals surface area (Å²) < 4.78 is 6.33. The molecule has 1 fully saturated rings. The Morgan fingerprint density at radius 2 is 2.40 bits per heavy atom. The summed E-state index contributed by atoms with van der Waals surface area (Å²) in [5.41, 5.74) is 0.902. The molecule has 2 rings (SSSR count). The van der Waals surface area contributed by atoms with E-state index in [2.05, 4.69) is 20.9 Å². The highest BCUT2D eigenvalue weighted by Crippen LogP contribution is 2.31. The standard InChI is InChI=1S/C11H14BrNO2/c12-9-1-2-10(13-6-9)5-11(7-14)3-4-15-8-11/h1-2,6,14H,3-5,7-8H2.